The predicted octanol–water partition coefficient (Wildman–Crippen LogP) is 1.24. The first-order valence-electron chi connectivity index (χ1n) is 6.15. The van der Waals surface area contributed by atoms with Gasteiger partial charge in [0.15, 0.2) is 0 Å². The van der Waals surface area contributed by atoms with Gasteiger partial charge in [-0.25, -0.2) is 9.18 Å². The van der Waals surface area contributed by atoms with Crippen LogP contribution in [0.25, 0.3) is 11.0 Å². The first kappa shape index (κ1) is 13.3. The molecule has 19 heavy (non-hydrogen) atoms. The summed E-state index contributed by atoms with van der Waals surface area (Å²) in [7, 11) is 0. The molecule has 102 valence electrons. The number of hydrogen-bond acceptors (Lipinski definition) is 2. The molecule has 0 aliphatic rings. The van der Waals surface area contributed by atoms with Crippen LogP contribution in [-0.2, 0) is 11.3 Å². The molecule has 0 aliphatic heterocycles. The van der Waals surface area contributed by atoms with Crippen molar-refractivity contribution in [1.29, 1.82) is 0 Å². The smallest absolute Gasteiger partial charge is 0.326 e. The standard InChI is InChI=1S/C13H16FN3O2/c1-8(2)12(18)15-5-6-17-11-4-3-9(14)7-10(11)16-13(17)19/h3-4,7-8H,5-6H2,1-2H3,(H,15,18)(H,16,19). The summed E-state index contributed by atoms with van der Waals surface area (Å²) in [5, 5.41) is 2.74. The van der Waals surface area contributed by atoms with Gasteiger partial charge in [0.1, 0.15) is 5.82 Å². The van der Waals surface area contributed by atoms with E-state index in [4.69, 9.17) is 0 Å². The van der Waals surface area contributed by atoms with Gasteiger partial charge in [0, 0.05) is 19.0 Å². The van der Waals surface area contributed by atoms with E-state index in [2.05, 4.69) is 10.3 Å². The first-order chi connectivity index (χ1) is 8.99. The summed E-state index contributed by atoms with van der Waals surface area (Å²) in [6, 6.07) is 4.13. The van der Waals surface area contributed by atoms with Gasteiger partial charge < -0.3 is 10.3 Å². The third-order valence-electron chi connectivity index (χ3n) is 2.90. The molecule has 0 saturated heterocycles. The molecule has 0 atom stereocenters. The minimum atomic E-state index is -0.394. The van der Waals surface area contributed by atoms with Crippen LogP contribution < -0.4 is 11.0 Å². The third-order valence-corrected chi connectivity index (χ3v) is 2.90. The number of carbonyl (C=O) groups excluding carboxylic acids is 1. The minimum absolute atomic E-state index is 0.0565. The van der Waals surface area contributed by atoms with Gasteiger partial charge in [0.25, 0.3) is 0 Å². The maximum absolute atomic E-state index is 13.0. The summed E-state index contributed by atoms with van der Waals surface area (Å²) in [6.07, 6.45) is 0. The summed E-state index contributed by atoms with van der Waals surface area (Å²) in [4.78, 5) is 25.7. The SMILES string of the molecule is CC(C)C(=O)NCCn1c(=O)[nH]c2cc(F)ccc21. The molecule has 0 radical (unpaired) electrons. The average molecular weight is 265 g/mol. The highest BCUT2D eigenvalue weighted by Crippen LogP contribution is 2.11. The molecular formula is C13H16FN3O2. The molecule has 1 heterocycles. The largest absolute Gasteiger partial charge is 0.354 e. The van der Waals surface area contributed by atoms with Gasteiger partial charge in [-0.2, -0.15) is 0 Å². The highest BCUT2D eigenvalue weighted by atomic mass is 19.1. The predicted molar refractivity (Wildman–Crippen MR) is 70.4 cm³/mol. The number of carbonyl (C=O) groups is 1. The van der Waals surface area contributed by atoms with Crippen LogP contribution in [0.2, 0.25) is 0 Å². The maximum Gasteiger partial charge on any atom is 0.326 e. The molecule has 0 saturated carbocycles. The quantitative estimate of drug-likeness (QED) is 0.873. The van der Waals surface area contributed by atoms with Crippen LogP contribution >= 0.6 is 0 Å². The number of benzene rings is 1. The number of H-pyrrole nitrogens is 1. The summed E-state index contributed by atoms with van der Waals surface area (Å²) in [5.41, 5.74) is 0.782. The van der Waals surface area contributed by atoms with Gasteiger partial charge in [-0.15, -0.1) is 0 Å². The Balaban J connectivity index is 2.15. The number of fused-ring (bicyclic) bond motifs is 1. The van der Waals surface area contributed by atoms with E-state index in [1.165, 1.54) is 16.7 Å². The van der Waals surface area contributed by atoms with Gasteiger partial charge in [-0.1, -0.05) is 13.8 Å². The van der Waals surface area contributed by atoms with Crippen molar-refractivity contribution in [3.63, 3.8) is 0 Å². The second-order valence-corrected chi connectivity index (χ2v) is 4.69. The normalized spacial score (nSPS) is 11.2. The molecule has 0 bridgehead atoms. The minimum Gasteiger partial charge on any atom is -0.354 e. The fraction of sp³-hybridized carbons (Fsp3) is 0.385. The Labute approximate surface area is 109 Å². The number of nitrogens with one attached hydrogen (secondary N) is 2. The molecule has 0 unspecified atom stereocenters. The summed E-state index contributed by atoms with van der Waals surface area (Å²) < 4.78 is 14.5. The van der Waals surface area contributed by atoms with Crippen LogP contribution in [0.3, 0.4) is 0 Å². The molecule has 1 amide bonds. The Morgan fingerprint density at radius 3 is 2.89 bits per heavy atom. The molecule has 0 spiro atoms. The lowest BCUT2D eigenvalue weighted by Crippen LogP contribution is -2.32. The molecule has 2 N–H and O–H groups in total. The summed E-state index contributed by atoms with van der Waals surface area (Å²) in [6.45, 7) is 4.32. The number of nitrogens with zero attached hydrogens (tertiary/aromatic N) is 1. The first-order valence-corrected chi connectivity index (χ1v) is 6.15. The van der Waals surface area contributed by atoms with Crippen molar-refractivity contribution in [1.82, 2.24) is 14.9 Å². The Morgan fingerprint density at radius 2 is 2.21 bits per heavy atom. The molecule has 1 aromatic heterocycles. The zero-order valence-corrected chi connectivity index (χ0v) is 10.9. The van der Waals surface area contributed by atoms with E-state index in [9.17, 15) is 14.0 Å². The second-order valence-electron chi connectivity index (χ2n) is 4.69. The number of aromatic amines is 1. The van der Waals surface area contributed by atoms with E-state index < -0.39 is 5.82 Å². The van der Waals surface area contributed by atoms with Gasteiger partial charge in [-0.05, 0) is 18.2 Å². The Hall–Kier alpha value is -2.11. The Morgan fingerprint density at radius 1 is 1.47 bits per heavy atom. The maximum atomic E-state index is 13.0. The zero-order chi connectivity index (χ0) is 14.0. The molecule has 0 fully saturated rings. The van der Waals surface area contributed by atoms with Crippen molar-refractivity contribution in [3.8, 4) is 0 Å². The number of imidazole rings is 1. The third kappa shape index (κ3) is 2.83. The van der Waals surface area contributed by atoms with E-state index in [0.29, 0.717) is 24.1 Å². The topological polar surface area (TPSA) is 66.9 Å². The molecule has 2 rings (SSSR count). The van der Waals surface area contributed by atoms with Crippen LogP contribution in [0.1, 0.15) is 13.8 Å². The highest BCUT2D eigenvalue weighted by Gasteiger charge is 2.09. The van der Waals surface area contributed by atoms with Crippen LogP contribution in [-0.4, -0.2) is 22.0 Å². The van der Waals surface area contributed by atoms with E-state index >= 15 is 0 Å². The lowest BCUT2D eigenvalue weighted by Gasteiger charge is -2.08. The molecule has 0 aliphatic carbocycles. The van der Waals surface area contributed by atoms with E-state index in [1.54, 1.807) is 19.9 Å². The van der Waals surface area contributed by atoms with Gasteiger partial charge in [0.2, 0.25) is 5.91 Å². The lowest BCUT2D eigenvalue weighted by molar-refractivity contribution is -0.124. The van der Waals surface area contributed by atoms with E-state index in [1.807, 2.05) is 0 Å². The monoisotopic (exact) mass is 265 g/mol. The van der Waals surface area contributed by atoms with Crippen molar-refractivity contribution in [2.75, 3.05) is 6.54 Å². The van der Waals surface area contributed by atoms with Crippen LogP contribution in [0.5, 0.6) is 0 Å². The van der Waals surface area contributed by atoms with Gasteiger partial charge in [0.05, 0.1) is 11.0 Å². The number of halogens is 1. The Kier molecular flexibility index (Phi) is 3.69. The van der Waals surface area contributed by atoms with Crippen molar-refractivity contribution < 1.29 is 9.18 Å². The highest BCUT2D eigenvalue weighted by molar-refractivity contribution is 5.78. The molecule has 1 aromatic carbocycles. The summed E-state index contributed by atoms with van der Waals surface area (Å²) in [5.74, 6) is -0.540. The fourth-order valence-corrected chi connectivity index (χ4v) is 1.85. The van der Waals surface area contributed by atoms with Crippen LogP contribution in [0.4, 0.5) is 4.39 Å². The van der Waals surface area contributed by atoms with E-state index in [-0.39, 0.29) is 17.5 Å². The zero-order valence-electron chi connectivity index (χ0n) is 10.9. The van der Waals surface area contributed by atoms with Gasteiger partial charge >= 0.3 is 5.69 Å². The fourth-order valence-electron chi connectivity index (χ4n) is 1.85. The molecular weight excluding hydrogens is 249 g/mol. The number of rotatable bonds is 4. The molecule has 2 aromatic rings. The van der Waals surface area contributed by atoms with Crippen LogP contribution in [0, 0.1) is 11.7 Å². The molecule has 6 heteroatoms. The van der Waals surface area contributed by atoms with Crippen molar-refractivity contribution in [2.24, 2.45) is 5.92 Å². The Bertz CT molecular complexity index is 657. The van der Waals surface area contributed by atoms with E-state index in [0.717, 1.165) is 0 Å². The number of hydrogen-bond donors (Lipinski definition) is 2. The molecule has 5 nitrogen and oxygen atoms in total. The summed E-state index contributed by atoms with van der Waals surface area (Å²) >= 11 is 0. The number of amides is 1. The van der Waals surface area contributed by atoms with Crippen molar-refractivity contribution >= 4 is 16.9 Å². The van der Waals surface area contributed by atoms with Crippen molar-refractivity contribution in [2.45, 2.75) is 20.4 Å². The van der Waals surface area contributed by atoms with Crippen LogP contribution in [0.15, 0.2) is 23.0 Å². The second kappa shape index (κ2) is 5.26. The number of aromatic nitrogens is 2. The average Bonchev–Trinajstić information content (AvgIpc) is 2.64. The van der Waals surface area contributed by atoms with Crippen molar-refractivity contribution in [3.05, 3.63) is 34.5 Å². The van der Waals surface area contributed by atoms with Gasteiger partial charge in [-0.3, -0.25) is 9.36 Å². The lowest BCUT2D eigenvalue weighted by atomic mass is 10.2.